The van der Waals surface area contributed by atoms with E-state index < -0.39 is 34.5 Å². The molecule has 0 atom stereocenters. The molecule has 5 nitrogen and oxygen atoms in total. The van der Waals surface area contributed by atoms with E-state index in [2.05, 4.69) is 4.74 Å². The lowest BCUT2D eigenvalue weighted by Gasteiger charge is -2.16. The molecule has 18 heavy (non-hydrogen) atoms. The SMILES string of the molecule is COc1ccc(C=O)c(C(=O)NN)c1C(F)(F)F. The van der Waals surface area contributed by atoms with Crippen molar-refractivity contribution < 1.29 is 27.5 Å². The van der Waals surface area contributed by atoms with Gasteiger partial charge in [-0.15, -0.1) is 0 Å². The van der Waals surface area contributed by atoms with Crippen LogP contribution in [0, 0.1) is 0 Å². The number of benzene rings is 1. The van der Waals surface area contributed by atoms with Gasteiger partial charge >= 0.3 is 6.18 Å². The monoisotopic (exact) mass is 262 g/mol. The van der Waals surface area contributed by atoms with Crippen LogP contribution in [0.5, 0.6) is 5.75 Å². The molecule has 0 saturated heterocycles. The van der Waals surface area contributed by atoms with Crippen molar-refractivity contribution in [3.8, 4) is 5.75 Å². The quantitative estimate of drug-likeness (QED) is 0.370. The van der Waals surface area contributed by atoms with E-state index in [9.17, 15) is 22.8 Å². The van der Waals surface area contributed by atoms with Gasteiger partial charge in [0.25, 0.3) is 5.91 Å². The fourth-order valence-corrected chi connectivity index (χ4v) is 1.47. The Morgan fingerprint density at radius 1 is 1.44 bits per heavy atom. The van der Waals surface area contributed by atoms with Crippen LogP contribution in [0.3, 0.4) is 0 Å². The summed E-state index contributed by atoms with van der Waals surface area (Å²) in [5.41, 5.74) is -1.06. The highest BCUT2D eigenvalue weighted by Crippen LogP contribution is 2.39. The van der Waals surface area contributed by atoms with E-state index in [-0.39, 0.29) is 6.29 Å². The number of halogens is 3. The Kier molecular flexibility index (Phi) is 3.92. The molecule has 0 aromatic heterocycles. The predicted molar refractivity (Wildman–Crippen MR) is 55.0 cm³/mol. The maximum absolute atomic E-state index is 12.9. The molecule has 0 radical (unpaired) electrons. The topological polar surface area (TPSA) is 81.4 Å². The van der Waals surface area contributed by atoms with Gasteiger partial charge in [-0.3, -0.25) is 15.0 Å². The molecule has 0 saturated carbocycles. The molecule has 0 aliphatic heterocycles. The Labute approximate surface area is 99.7 Å². The number of hydrogen-bond donors (Lipinski definition) is 2. The van der Waals surface area contributed by atoms with Crippen molar-refractivity contribution in [2.24, 2.45) is 5.84 Å². The molecule has 0 fully saturated rings. The lowest BCUT2D eigenvalue weighted by molar-refractivity contribution is -0.139. The minimum atomic E-state index is -4.85. The third-order valence-corrected chi connectivity index (χ3v) is 2.19. The standard InChI is InChI=1S/C10H9F3N2O3/c1-18-6-3-2-5(4-16)7(9(17)15-14)8(6)10(11,12)13/h2-4H,14H2,1H3,(H,15,17). The lowest BCUT2D eigenvalue weighted by Crippen LogP contribution is -2.33. The Morgan fingerprint density at radius 3 is 2.44 bits per heavy atom. The van der Waals surface area contributed by atoms with Gasteiger partial charge in [0.05, 0.1) is 12.7 Å². The van der Waals surface area contributed by atoms with Gasteiger partial charge in [-0.2, -0.15) is 13.2 Å². The molecule has 3 N–H and O–H groups in total. The van der Waals surface area contributed by atoms with Crippen LogP contribution in [0.15, 0.2) is 12.1 Å². The number of hydrogen-bond acceptors (Lipinski definition) is 4. The largest absolute Gasteiger partial charge is 0.496 e. The van der Waals surface area contributed by atoms with Gasteiger partial charge in [0, 0.05) is 5.56 Å². The van der Waals surface area contributed by atoms with Gasteiger partial charge in [0.15, 0.2) is 6.29 Å². The number of ether oxygens (including phenoxy) is 1. The summed E-state index contributed by atoms with van der Waals surface area (Å²) in [6, 6.07) is 2.01. The van der Waals surface area contributed by atoms with E-state index in [1.807, 2.05) is 0 Å². The normalized spacial score (nSPS) is 10.9. The summed E-state index contributed by atoms with van der Waals surface area (Å²) in [6.45, 7) is 0. The third kappa shape index (κ3) is 2.43. The van der Waals surface area contributed by atoms with Crippen molar-refractivity contribution in [3.05, 3.63) is 28.8 Å². The minimum absolute atomic E-state index is 0.138. The molecule has 1 aromatic carbocycles. The van der Waals surface area contributed by atoms with Crippen LogP contribution in [0.1, 0.15) is 26.3 Å². The second-order valence-electron chi connectivity index (χ2n) is 3.20. The summed E-state index contributed by atoms with van der Waals surface area (Å²) in [5, 5.41) is 0. The summed E-state index contributed by atoms with van der Waals surface area (Å²) >= 11 is 0. The van der Waals surface area contributed by atoms with Crippen LogP contribution in [0.25, 0.3) is 0 Å². The molecular formula is C10H9F3N2O3. The van der Waals surface area contributed by atoms with E-state index in [4.69, 9.17) is 5.84 Å². The number of nitrogens with one attached hydrogen (secondary N) is 1. The fourth-order valence-electron chi connectivity index (χ4n) is 1.47. The summed E-state index contributed by atoms with van der Waals surface area (Å²) < 4.78 is 43.2. The minimum Gasteiger partial charge on any atom is -0.496 e. The van der Waals surface area contributed by atoms with Crippen molar-refractivity contribution >= 4 is 12.2 Å². The van der Waals surface area contributed by atoms with E-state index in [1.165, 1.54) is 0 Å². The zero-order valence-electron chi connectivity index (χ0n) is 9.17. The van der Waals surface area contributed by atoms with E-state index in [0.29, 0.717) is 0 Å². The average molecular weight is 262 g/mol. The highest BCUT2D eigenvalue weighted by atomic mass is 19.4. The first kappa shape index (κ1) is 14.0. The van der Waals surface area contributed by atoms with E-state index in [1.54, 1.807) is 5.43 Å². The van der Waals surface area contributed by atoms with Crippen molar-refractivity contribution in [1.29, 1.82) is 0 Å². The van der Waals surface area contributed by atoms with E-state index in [0.717, 1.165) is 19.2 Å². The molecule has 8 heteroatoms. The number of hydrazine groups is 1. The van der Waals surface area contributed by atoms with Gasteiger partial charge < -0.3 is 4.74 Å². The molecule has 0 aliphatic rings. The molecule has 0 heterocycles. The summed E-state index contributed by atoms with van der Waals surface area (Å²) in [4.78, 5) is 22.1. The fraction of sp³-hybridized carbons (Fsp3) is 0.200. The van der Waals surface area contributed by atoms with Gasteiger partial charge in [0.1, 0.15) is 11.3 Å². The number of carbonyl (C=O) groups is 2. The summed E-state index contributed by atoms with van der Waals surface area (Å²) in [7, 11) is 1.02. The van der Waals surface area contributed by atoms with Crippen molar-refractivity contribution in [2.75, 3.05) is 7.11 Å². The Balaban J connectivity index is 3.69. The molecule has 98 valence electrons. The first-order valence-electron chi connectivity index (χ1n) is 4.61. The van der Waals surface area contributed by atoms with Gasteiger partial charge in [-0.25, -0.2) is 5.84 Å². The first-order chi connectivity index (χ1) is 8.36. The smallest absolute Gasteiger partial charge is 0.420 e. The number of alkyl halides is 3. The highest BCUT2D eigenvalue weighted by Gasteiger charge is 2.40. The zero-order chi connectivity index (χ0) is 13.9. The molecule has 0 spiro atoms. The second-order valence-corrected chi connectivity index (χ2v) is 3.20. The molecule has 0 aliphatic carbocycles. The molecular weight excluding hydrogens is 253 g/mol. The van der Waals surface area contributed by atoms with Crippen molar-refractivity contribution in [2.45, 2.75) is 6.18 Å². The number of aldehydes is 1. The van der Waals surface area contributed by atoms with Crippen molar-refractivity contribution in [3.63, 3.8) is 0 Å². The van der Waals surface area contributed by atoms with Gasteiger partial charge in [-0.1, -0.05) is 0 Å². The van der Waals surface area contributed by atoms with Crippen LogP contribution in [0.4, 0.5) is 13.2 Å². The Morgan fingerprint density at radius 2 is 2.06 bits per heavy atom. The zero-order valence-corrected chi connectivity index (χ0v) is 9.17. The number of amides is 1. The van der Waals surface area contributed by atoms with Gasteiger partial charge in [0.2, 0.25) is 0 Å². The highest BCUT2D eigenvalue weighted by molar-refractivity contribution is 6.03. The predicted octanol–water partition coefficient (Wildman–Crippen LogP) is 1.13. The molecule has 0 bridgehead atoms. The Hall–Kier alpha value is -2.09. The second kappa shape index (κ2) is 5.05. The maximum Gasteiger partial charge on any atom is 0.420 e. The van der Waals surface area contributed by atoms with Gasteiger partial charge in [-0.05, 0) is 12.1 Å². The lowest BCUT2D eigenvalue weighted by atomic mass is 9.99. The number of carbonyl (C=O) groups excluding carboxylic acids is 2. The van der Waals surface area contributed by atoms with Crippen LogP contribution in [-0.4, -0.2) is 19.3 Å². The number of rotatable bonds is 3. The van der Waals surface area contributed by atoms with E-state index >= 15 is 0 Å². The molecule has 1 aromatic rings. The van der Waals surface area contributed by atoms with Crippen molar-refractivity contribution in [1.82, 2.24) is 5.43 Å². The number of nitrogen functional groups attached to an aromatic ring is 1. The number of methoxy groups -OCH3 is 1. The maximum atomic E-state index is 12.9. The number of nitrogens with two attached hydrogens (primary N) is 1. The summed E-state index contributed by atoms with van der Waals surface area (Å²) in [6.07, 6.45) is -4.72. The molecule has 1 amide bonds. The summed E-state index contributed by atoms with van der Waals surface area (Å²) in [5.74, 6) is 3.03. The van der Waals surface area contributed by atoms with Crippen LogP contribution < -0.4 is 16.0 Å². The average Bonchev–Trinajstić information content (AvgIpc) is 2.34. The molecule has 1 rings (SSSR count). The molecule has 0 unspecified atom stereocenters. The van der Waals surface area contributed by atoms with Crippen LogP contribution in [0.2, 0.25) is 0 Å². The van der Waals surface area contributed by atoms with Crippen LogP contribution in [-0.2, 0) is 6.18 Å². The Bertz CT molecular complexity index is 486. The third-order valence-electron chi connectivity index (χ3n) is 2.19. The first-order valence-corrected chi connectivity index (χ1v) is 4.61. The van der Waals surface area contributed by atoms with Crippen LogP contribution >= 0.6 is 0 Å².